The zero-order chi connectivity index (χ0) is 21.3. The van der Waals surface area contributed by atoms with Gasteiger partial charge < -0.3 is 14.6 Å². The molecule has 1 saturated heterocycles. The van der Waals surface area contributed by atoms with E-state index < -0.39 is 5.60 Å². The first-order valence-corrected chi connectivity index (χ1v) is 10.9. The Balaban J connectivity index is 1.54. The number of rotatable bonds is 6. The monoisotopic (exact) mass is 411 g/mol. The molecule has 6 heteroatoms. The highest BCUT2D eigenvalue weighted by Crippen LogP contribution is 2.50. The van der Waals surface area contributed by atoms with Crippen LogP contribution in [0.5, 0.6) is 11.9 Å². The zero-order valence-electron chi connectivity index (χ0n) is 18.5. The molecule has 1 aliphatic carbocycles. The maximum Gasteiger partial charge on any atom is 0.319 e. The summed E-state index contributed by atoms with van der Waals surface area (Å²) in [7, 11) is 3.11. The topological polar surface area (TPSA) is 67.7 Å². The van der Waals surface area contributed by atoms with Gasteiger partial charge in [0.15, 0.2) is 0 Å². The van der Waals surface area contributed by atoms with Gasteiger partial charge in [0.1, 0.15) is 5.60 Å². The lowest BCUT2D eigenvalue weighted by Gasteiger charge is -2.41. The van der Waals surface area contributed by atoms with E-state index in [0.717, 1.165) is 32.5 Å². The Morgan fingerprint density at radius 2 is 1.93 bits per heavy atom. The van der Waals surface area contributed by atoms with Crippen molar-refractivity contribution in [2.75, 3.05) is 27.3 Å². The lowest BCUT2D eigenvalue weighted by molar-refractivity contribution is -0.0669. The molecule has 2 aliphatic rings. The molecule has 0 unspecified atom stereocenters. The third-order valence-corrected chi connectivity index (χ3v) is 6.89. The standard InChI is InChI=1S/C24H33N3O3/c1-16(2)18-9-7-17(8-10-18)13-27-14-19-6-5-11-24(28,21(19)15-27)20-12-25-23(30-4)26-22(20)29-3/h7-10,12,16,19,21,28H,5-6,11,13-15H2,1-4H3/t19-,21-,24-/m1/s1. The van der Waals surface area contributed by atoms with E-state index >= 15 is 0 Å². The molecule has 0 amide bonds. The minimum atomic E-state index is -0.975. The van der Waals surface area contributed by atoms with Crippen molar-refractivity contribution in [1.29, 1.82) is 0 Å². The fourth-order valence-electron chi connectivity index (χ4n) is 5.24. The first-order chi connectivity index (χ1) is 14.4. The SMILES string of the molecule is COc1ncc([C@]2(O)CCC[C@@H]3CN(Cc4ccc(C(C)C)cc4)C[C@H]32)c(OC)n1. The van der Waals surface area contributed by atoms with Gasteiger partial charge in [-0.25, -0.2) is 4.98 Å². The van der Waals surface area contributed by atoms with Crippen LogP contribution in [0.2, 0.25) is 0 Å². The second-order valence-corrected chi connectivity index (χ2v) is 9.05. The molecule has 1 aromatic carbocycles. The van der Waals surface area contributed by atoms with Gasteiger partial charge >= 0.3 is 6.01 Å². The highest BCUT2D eigenvalue weighted by Gasteiger charge is 2.51. The molecule has 1 aliphatic heterocycles. The second-order valence-electron chi connectivity index (χ2n) is 9.05. The van der Waals surface area contributed by atoms with Crippen LogP contribution in [0.4, 0.5) is 0 Å². The van der Waals surface area contributed by atoms with Crippen molar-refractivity contribution < 1.29 is 14.6 Å². The highest BCUT2D eigenvalue weighted by atomic mass is 16.5. The fourth-order valence-corrected chi connectivity index (χ4v) is 5.24. The van der Waals surface area contributed by atoms with Gasteiger partial charge in [0.25, 0.3) is 0 Å². The number of hydrogen-bond donors (Lipinski definition) is 1. The summed E-state index contributed by atoms with van der Waals surface area (Å²) in [5, 5.41) is 11.8. The van der Waals surface area contributed by atoms with Crippen LogP contribution < -0.4 is 9.47 Å². The molecule has 0 radical (unpaired) electrons. The van der Waals surface area contributed by atoms with Crippen LogP contribution in [-0.2, 0) is 12.1 Å². The summed E-state index contributed by atoms with van der Waals surface area (Å²) < 4.78 is 10.6. The van der Waals surface area contributed by atoms with Gasteiger partial charge in [0, 0.05) is 31.7 Å². The first-order valence-electron chi connectivity index (χ1n) is 10.9. The van der Waals surface area contributed by atoms with Gasteiger partial charge in [0.2, 0.25) is 5.88 Å². The Hall–Kier alpha value is -2.18. The summed E-state index contributed by atoms with van der Waals surface area (Å²) >= 11 is 0. The highest BCUT2D eigenvalue weighted by molar-refractivity contribution is 5.33. The number of aromatic nitrogens is 2. The van der Waals surface area contributed by atoms with E-state index in [0.29, 0.717) is 29.7 Å². The Kier molecular flexibility index (Phi) is 5.98. The summed E-state index contributed by atoms with van der Waals surface area (Å²) in [6.07, 6.45) is 4.52. The van der Waals surface area contributed by atoms with Crippen molar-refractivity contribution in [3.05, 3.63) is 47.2 Å². The predicted octanol–water partition coefficient (Wildman–Crippen LogP) is 3.74. The molecule has 1 saturated carbocycles. The lowest BCUT2D eigenvalue weighted by atomic mass is 9.68. The Labute approximate surface area is 179 Å². The van der Waals surface area contributed by atoms with Crippen molar-refractivity contribution in [3.8, 4) is 11.9 Å². The molecular weight excluding hydrogens is 378 g/mol. The van der Waals surface area contributed by atoms with E-state index in [2.05, 4.69) is 53.0 Å². The summed E-state index contributed by atoms with van der Waals surface area (Å²) in [6, 6.07) is 9.20. The number of fused-ring (bicyclic) bond motifs is 1. The maximum absolute atomic E-state index is 11.8. The van der Waals surface area contributed by atoms with Gasteiger partial charge in [-0.15, -0.1) is 0 Å². The molecule has 30 heavy (non-hydrogen) atoms. The van der Waals surface area contributed by atoms with E-state index in [1.807, 2.05) is 0 Å². The lowest BCUT2D eigenvalue weighted by Crippen LogP contribution is -2.43. The van der Waals surface area contributed by atoms with E-state index in [-0.39, 0.29) is 11.9 Å². The molecular formula is C24H33N3O3. The third kappa shape index (κ3) is 3.91. The molecule has 6 nitrogen and oxygen atoms in total. The van der Waals surface area contributed by atoms with Gasteiger partial charge in [-0.3, -0.25) is 4.90 Å². The van der Waals surface area contributed by atoms with Crippen LogP contribution in [0.25, 0.3) is 0 Å². The summed E-state index contributed by atoms with van der Waals surface area (Å²) in [6.45, 7) is 7.23. The number of nitrogens with zero attached hydrogens (tertiary/aromatic N) is 3. The van der Waals surface area contributed by atoms with Crippen LogP contribution in [0.15, 0.2) is 30.5 Å². The molecule has 2 fully saturated rings. The molecule has 0 bridgehead atoms. The normalized spacial score (nSPS) is 26.6. The number of likely N-dealkylation sites (tertiary alicyclic amines) is 1. The summed E-state index contributed by atoms with van der Waals surface area (Å²) in [5.74, 6) is 1.57. The van der Waals surface area contributed by atoms with Crippen molar-refractivity contribution in [2.24, 2.45) is 11.8 Å². The Morgan fingerprint density at radius 3 is 2.60 bits per heavy atom. The number of methoxy groups -OCH3 is 2. The average Bonchev–Trinajstić information content (AvgIpc) is 3.17. The number of ether oxygens (including phenoxy) is 2. The quantitative estimate of drug-likeness (QED) is 0.781. The van der Waals surface area contributed by atoms with Crippen LogP contribution >= 0.6 is 0 Å². The minimum Gasteiger partial charge on any atom is -0.481 e. The summed E-state index contributed by atoms with van der Waals surface area (Å²) in [5.41, 5.74) is 2.40. The second kappa shape index (κ2) is 8.52. The van der Waals surface area contributed by atoms with E-state index in [1.54, 1.807) is 13.3 Å². The molecule has 4 rings (SSSR count). The van der Waals surface area contributed by atoms with Crippen LogP contribution in [0.3, 0.4) is 0 Å². The smallest absolute Gasteiger partial charge is 0.319 e. The van der Waals surface area contributed by atoms with Crippen molar-refractivity contribution in [3.63, 3.8) is 0 Å². The fraction of sp³-hybridized carbons (Fsp3) is 0.583. The van der Waals surface area contributed by atoms with Gasteiger partial charge in [-0.05, 0) is 42.2 Å². The average molecular weight is 412 g/mol. The van der Waals surface area contributed by atoms with E-state index in [4.69, 9.17) is 9.47 Å². The minimum absolute atomic E-state index is 0.145. The van der Waals surface area contributed by atoms with Crippen LogP contribution in [0, 0.1) is 11.8 Å². The number of aliphatic hydroxyl groups is 1. The molecule has 1 N–H and O–H groups in total. The van der Waals surface area contributed by atoms with E-state index in [1.165, 1.54) is 18.2 Å². The Bertz CT molecular complexity index is 870. The van der Waals surface area contributed by atoms with Gasteiger partial charge in [0.05, 0.1) is 19.8 Å². The van der Waals surface area contributed by atoms with Crippen molar-refractivity contribution in [2.45, 2.75) is 51.2 Å². The van der Waals surface area contributed by atoms with Crippen molar-refractivity contribution in [1.82, 2.24) is 14.9 Å². The van der Waals surface area contributed by atoms with Crippen molar-refractivity contribution >= 4 is 0 Å². The van der Waals surface area contributed by atoms with Gasteiger partial charge in [-0.1, -0.05) is 38.1 Å². The third-order valence-electron chi connectivity index (χ3n) is 6.89. The number of hydrogen-bond acceptors (Lipinski definition) is 6. The molecule has 0 spiro atoms. The zero-order valence-corrected chi connectivity index (χ0v) is 18.5. The van der Waals surface area contributed by atoms with Crippen LogP contribution in [-0.4, -0.2) is 47.3 Å². The summed E-state index contributed by atoms with van der Waals surface area (Å²) in [4.78, 5) is 11.1. The molecule has 1 aromatic heterocycles. The van der Waals surface area contributed by atoms with Crippen LogP contribution in [0.1, 0.15) is 55.7 Å². The molecule has 2 heterocycles. The number of benzene rings is 1. The predicted molar refractivity (Wildman–Crippen MR) is 116 cm³/mol. The molecule has 2 aromatic rings. The first kappa shape index (κ1) is 21.1. The van der Waals surface area contributed by atoms with E-state index in [9.17, 15) is 5.11 Å². The van der Waals surface area contributed by atoms with Gasteiger partial charge in [-0.2, -0.15) is 4.98 Å². The Morgan fingerprint density at radius 1 is 1.17 bits per heavy atom. The maximum atomic E-state index is 11.8. The molecule has 3 atom stereocenters. The molecule has 162 valence electrons. The largest absolute Gasteiger partial charge is 0.481 e.